The van der Waals surface area contributed by atoms with E-state index in [9.17, 15) is 10.1 Å². The molecule has 6 heteroatoms. The molecule has 21 heavy (non-hydrogen) atoms. The molecule has 0 aliphatic carbocycles. The van der Waals surface area contributed by atoms with E-state index in [-0.39, 0.29) is 23.1 Å². The molecule has 0 heterocycles. The molecule has 0 fully saturated rings. The fourth-order valence-corrected chi connectivity index (χ4v) is 1.98. The largest absolute Gasteiger partial charge is 0.489 e. The van der Waals surface area contributed by atoms with Gasteiger partial charge in [-0.3, -0.25) is 10.1 Å². The highest BCUT2D eigenvalue weighted by atomic mass is 35.5. The first kappa shape index (κ1) is 15.3. The molecule has 0 atom stereocenters. The van der Waals surface area contributed by atoms with Crippen LogP contribution in [-0.4, -0.2) is 18.1 Å². The van der Waals surface area contributed by atoms with Crippen molar-refractivity contribution in [1.29, 1.82) is 0 Å². The quantitative estimate of drug-likeness (QED) is 0.443. The van der Waals surface area contributed by atoms with Crippen LogP contribution in [0.3, 0.4) is 0 Å². The molecular formula is C15H14ClNO4. The van der Waals surface area contributed by atoms with Gasteiger partial charge in [0.25, 0.3) is 5.69 Å². The van der Waals surface area contributed by atoms with Crippen LogP contribution in [0.15, 0.2) is 48.5 Å². The van der Waals surface area contributed by atoms with Gasteiger partial charge in [-0.2, -0.15) is 0 Å². The maximum atomic E-state index is 10.7. The standard InChI is InChI=1S/C15H14ClNO4/c16-15-13(17(18)19)7-4-8-14(15)21-10-9-20-11-12-5-2-1-3-6-12/h1-8H,9-11H2. The summed E-state index contributed by atoms with van der Waals surface area (Å²) in [6.07, 6.45) is 0. The van der Waals surface area contributed by atoms with Gasteiger partial charge in [-0.25, -0.2) is 0 Å². The van der Waals surface area contributed by atoms with Crippen LogP contribution < -0.4 is 4.74 Å². The van der Waals surface area contributed by atoms with Crippen molar-refractivity contribution in [3.63, 3.8) is 0 Å². The molecule has 110 valence electrons. The van der Waals surface area contributed by atoms with Gasteiger partial charge in [0.05, 0.1) is 18.1 Å². The van der Waals surface area contributed by atoms with Crippen molar-refractivity contribution < 1.29 is 14.4 Å². The Kier molecular flexibility index (Phi) is 5.54. The summed E-state index contributed by atoms with van der Waals surface area (Å²) in [5.41, 5.74) is 0.908. The van der Waals surface area contributed by atoms with Crippen LogP contribution in [0.1, 0.15) is 5.56 Å². The molecular weight excluding hydrogens is 294 g/mol. The molecule has 0 saturated carbocycles. The van der Waals surface area contributed by atoms with Crippen molar-refractivity contribution >= 4 is 17.3 Å². The molecule has 0 saturated heterocycles. The molecule has 0 aliphatic heterocycles. The summed E-state index contributed by atoms with van der Waals surface area (Å²) in [4.78, 5) is 10.2. The van der Waals surface area contributed by atoms with E-state index in [2.05, 4.69) is 0 Å². The summed E-state index contributed by atoms with van der Waals surface area (Å²) in [7, 11) is 0. The first-order chi connectivity index (χ1) is 10.2. The van der Waals surface area contributed by atoms with Crippen LogP contribution in [-0.2, 0) is 11.3 Å². The van der Waals surface area contributed by atoms with E-state index in [0.717, 1.165) is 5.56 Å². The summed E-state index contributed by atoms with van der Waals surface area (Å²) in [5, 5.41) is 10.8. The lowest BCUT2D eigenvalue weighted by atomic mass is 10.2. The lowest BCUT2D eigenvalue weighted by Crippen LogP contribution is -2.07. The van der Waals surface area contributed by atoms with Crippen LogP contribution in [0.25, 0.3) is 0 Å². The van der Waals surface area contributed by atoms with E-state index in [1.165, 1.54) is 12.1 Å². The summed E-state index contributed by atoms with van der Waals surface area (Å²) >= 11 is 5.90. The number of ether oxygens (including phenoxy) is 2. The highest BCUT2D eigenvalue weighted by Gasteiger charge is 2.16. The monoisotopic (exact) mass is 307 g/mol. The van der Waals surface area contributed by atoms with Gasteiger partial charge in [-0.1, -0.05) is 48.0 Å². The Bertz CT molecular complexity index is 604. The minimum atomic E-state index is -0.541. The summed E-state index contributed by atoms with van der Waals surface area (Å²) in [5.74, 6) is 0.286. The van der Waals surface area contributed by atoms with Gasteiger partial charge in [-0.15, -0.1) is 0 Å². The van der Waals surface area contributed by atoms with E-state index in [1.807, 2.05) is 30.3 Å². The van der Waals surface area contributed by atoms with Crippen molar-refractivity contribution in [3.05, 3.63) is 69.2 Å². The molecule has 0 aliphatic rings. The zero-order valence-corrected chi connectivity index (χ0v) is 12.0. The average molecular weight is 308 g/mol. The number of hydrogen-bond acceptors (Lipinski definition) is 4. The summed E-state index contributed by atoms with van der Waals surface area (Å²) in [6.45, 7) is 1.13. The number of nitro groups is 1. The fraction of sp³-hybridized carbons (Fsp3) is 0.200. The molecule has 0 bridgehead atoms. The molecule has 2 aromatic carbocycles. The third-order valence-corrected chi connectivity index (χ3v) is 3.12. The minimum absolute atomic E-state index is 0.00515. The van der Waals surface area contributed by atoms with Crippen molar-refractivity contribution in [3.8, 4) is 5.75 Å². The molecule has 0 radical (unpaired) electrons. The van der Waals surface area contributed by atoms with Crippen molar-refractivity contribution in [2.45, 2.75) is 6.61 Å². The average Bonchev–Trinajstić information content (AvgIpc) is 2.49. The Morgan fingerprint density at radius 1 is 1.05 bits per heavy atom. The number of rotatable bonds is 7. The number of nitro benzene ring substituents is 1. The van der Waals surface area contributed by atoms with Crippen molar-refractivity contribution in [2.75, 3.05) is 13.2 Å². The van der Waals surface area contributed by atoms with Gasteiger partial charge in [-0.05, 0) is 11.6 Å². The van der Waals surface area contributed by atoms with Gasteiger partial charge in [0.2, 0.25) is 0 Å². The number of halogens is 1. The molecule has 0 aromatic heterocycles. The van der Waals surface area contributed by atoms with E-state index < -0.39 is 4.92 Å². The van der Waals surface area contributed by atoms with Crippen LogP contribution in [0.4, 0.5) is 5.69 Å². The zero-order chi connectivity index (χ0) is 15.1. The highest BCUT2D eigenvalue weighted by molar-refractivity contribution is 6.34. The number of hydrogen-bond donors (Lipinski definition) is 0. The van der Waals surface area contributed by atoms with E-state index in [0.29, 0.717) is 13.2 Å². The topological polar surface area (TPSA) is 61.6 Å². The molecule has 0 spiro atoms. The normalized spacial score (nSPS) is 10.3. The predicted molar refractivity (Wildman–Crippen MR) is 79.7 cm³/mol. The van der Waals surface area contributed by atoms with Crippen LogP contribution >= 0.6 is 11.6 Å². The minimum Gasteiger partial charge on any atom is -0.489 e. The molecule has 5 nitrogen and oxygen atoms in total. The molecule has 2 rings (SSSR count). The summed E-state index contributed by atoms with van der Waals surface area (Å²) in [6, 6.07) is 14.2. The van der Waals surface area contributed by atoms with Crippen LogP contribution in [0, 0.1) is 10.1 Å². The third-order valence-electron chi connectivity index (χ3n) is 2.74. The van der Waals surface area contributed by atoms with E-state index in [4.69, 9.17) is 21.1 Å². The highest BCUT2D eigenvalue weighted by Crippen LogP contribution is 2.33. The molecule has 0 unspecified atom stereocenters. The Balaban J connectivity index is 1.79. The lowest BCUT2D eigenvalue weighted by molar-refractivity contribution is -0.384. The van der Waals surface area contributed by atoms with Gasteiger partial charge in [0.15, 0.2) is 5.02 Å². The number of nitrogens with zero attached hydrogens (tertiary/aromatic N) is 1. The summed E-state index contributed by atoms with van der Waals surface area (Å²) < 4.78 is 10.9. The Labute approximate surface area is 127 Å². The Hall–Kier alpha value is -2.11. The second-order valence-corrected chi connectivity index (χ2v) is 4.61. The smallest absolute Gasteiger partial charge is 0.291 e. The fourth-order valence-electron chi connectivity index (χ4n) is 1.73. The van der Waals surface area contributed by atoms with Crippen molar-refractivity contribution in [2.24, 2.45) is 0 Å². The van der Waals surface area contributed by atoms with E-state index in [1.54, 1.807) is 6.07 Å². The maximum Gasteiger partial charge on any atom is 0.291 e. The van der Waals surface area contributed by atoms with Crippen LogP contribution in [0.5, 0.6) is 5.75 Å². The van der Waals surface area contributed by atoms with E-state index >= 15 is 0 Å². The second kappa shape index (κ2) is 7.61. The van der Waals surface area contributed by atoms with Gasteiger partial charge < -0.3 is 9.47 Å². The zero-order valence-electron chi connectivity index (χ0n) is 11.2. The first-order valence-electron chi connectivity index (χ1n) is 6.36. The maximum absolute atomic E-state index is 10.7. The Morgan fingerprint density at radius 2 is 1.81 bits per heavy atom. The second-order valence-electron chi connectivity index (χ2n) is 4.23. The van der Waals surface area contributed by atoms with Gasteiger partial charge >= 0.3 is 0 Å². The van der Waals surface area contributed by atoms with Crippen molar-refractivity contribution in [1.82, 2.24) is 0 Å². The third kappa shape index (κ3) is 4.44. The van der Waals surface area contributed by atoms with Gasteiger partial charge in [0.1, 0.15) is 12.4 Å². The van der Waals surface area contributed by atoms with Crippen LogP contribution in [0.2, 0.25) is 5.02 Å². The Morgan fingerprint density at radius 3 is 2.52 bits per heavy atom. The first-order valence-corrected chi connectivity index (χ1v) is 6.73. The van der Waals surface area contributed by atoms with Gasteiger partial charge in [0, 0.05) is 6.07 Å². The predicted octanol–water partition coefficient (Wildman–Crippen LogP) is 3.84. The molecule has 0 N–H and O–H groups in total. The SMILES string of the molecule is O=[N+]([O-])c1cccc(OCCOCc2ccccc2)c1Cl. The molecule has 0 amide bonds. The molecule has 2 aromatic rings. The lowest BCUT2D eigenvalue weighted by Gasteiger charge is -2.08. The number of benzene rings is 2.